The molecule has 4 aliphatic heterocycles. The van der Waals surface area contributed by atoms with Gasteiger partial charge in [-0.3, -0.25) is 78.6 Å². The van der Waals surface area contributed by atoms with Crippen LogP contribution in [0.3, 0.4) is 0 Å². The van der Waals surface area contributed by atoms with Crippen molar-refractivity contribution in [2.45, 2.75) is 12.8 Å². The standard InChI is InChI=1S/C28H32N4O6.4C10H8N2.2ClH.2Os/c33-25-19-3-5-21-24-22(28(36)32(27(21)35)10-2-8-30-13-17-38-18-14-30)6-4-20(23(19)24)26(34)31(25)9-1-7-29-11-15-37-16-12-29;4*1-3-7-11-9(5-1)10-6-2-4-8-12-10;;;;/h3-6H,1-2,7-18H2;4*1-8H;2*1H;;/q;;;;;;;2*+4/p-2. The number of nitrogens with zero attached hydrogens (tertiary/aromatic N) is 12. The quantitative estimate of drug-likeness (QED) is 0.158. The van der Waals surface area contributed by atoms with E-state index in [1.165, 1.54) is 9.80 Å². The van der Waals surface area contributed by atoms with Crippen LogP contribution in [0.4, 0.5) is 0 Å². The second-order valence-electron chi connectivity index (χ2n) is 19.9. The molecule has 18 nitrogen and oxygen atoms in total. The van der Waals surface area contributed by atoms with Gasteiger partial charge >= 0.3 is 39.6 Å². The Morgan fingerprint density at radius 2 is 0.489 bits per heavy atom. The molecule has 4 aliphatic rings. The molecule has 456 valence electrons. The monoisotopic (exact) mass is 1600 g/mol. The summed E-state index contributed by atoms with van der Waals surface area (Å²) in [6.45, 7) is 8.38. The number of carbonyl (C=O) groups excluding carboxylic acids is 4. The molecule has 2 fully saturated rings. The number of ether oxygens (including phenoxy) is 2. The number of hydrogen-bond donors (Lipinski definition) is 0. The van der Waals surface area contributed by atoms with Crippen LogP contribution in [-0.4, -0.2) is 162 Å². The minimum Gasteiger partial charge on any atom is -1.00 e. The molecule has 2 saturated heterocycles. The molecule has 0 aliphatic carbocycles. The second-order valence-corrected chi connectivity index (χ2v) is 19.9. The van der Waals surface area contributed by atoms with Crippen molar-refractivity contribution < 1.29 is 93.0 Å². The summed E-state index contributed by atoms with van der Waals surface area (Å²) in [7, 11) is 0. The second kappa shape index (κ2) is 37.1. The zero-order valence-corrected chi connectivity index (χ0v) is 55.6. The maximum atomic E-state index is 13.4. The number of rotatable bonds is 12. The zero-order valence-electron chi connectivity index (χ0n) is 49.0. The van der Waals surface area contributed by atoms with E-state index in [1.54, 1.807) is 73.8 Å². The van der Waals surface area contributed by atoms with Crippen LogP contribution in [0.2, 0.25) is 0 Å². The van der Waals surface area contributed by atoms with Gasteiger partial charge in [-0.15, -0.1) is 0 Å². The summed E-state index contributed by atoms with van der Waals surface area (Å²) in [4.78, 5) is 94.3. The van der Waals surface area contributed by atoms with Crippen LogP contribution < -0.4 is 24.8 Å². The van der Waals surface area contributed by atoms with Crippen LogP contribution in [0.5, 0.6) is 0 Å². The number of morpholine rings is 2. The first-order chi connectivity index (χ1) is 42.4. The molecule has 0 saturated carbocycles. The number of benzene rings is 2. The third kappa shape index (κ3) is 19.0. The predicted molar refractivity (Wildman–Crippen MR) is 328 cm³/mol. The molecule has 2 aromatic carbocycles. The molecular formula is C68H64Cl2N12O6Os2+6. The average molecular weight is 1600 g/mol. The van der Waals surface area contributed by atoms with Gasteiger partial charge in [0.2, 0.25) is 0 Å². The summed E-state index contributed by atoms with van der Waals surface area (Å²) in [6, 6.07) is 52.9. The van der Waals surface area contributed by atoms with Crippen molar-refractivity contribution in [3.63, 3.8) is 0 Å². The molecule has 0 spiro atoms. The molecule has 12 heterocycles. The molecule has 14 rings (SSSR count). The van der Waals surface area contributed by atoms with Gasteiger partial charge in [-0.25, -0.2) is 0 Å². The molecule has 0 atom stereocenters. The predicted octanol–water partition coefficient (Wildman–Crippen LogP) is 4.05. The first kappa shape index (κ1) is 71.0. The Kier molecular flexibility index (Phi) is 29.3. The third-order valence-electron chi connectivity index (χ3n) is 14.4. The zero-order chi connectivity index (χ0) is 59.1. The Morgan fingerprint density at radius 1 is 0.289 bits per heavy atom. The fourth-order valence-electron chi connectivity index (χ4n) is 10.0. The Hall–Kier alpha value is -8.13. The van der Waals surface area contributed by atoms with Gasteiger partial charge in [0.25, 0.3) is 23.6 Å². The van der Waals surface area contributed by atoms with E-state index in [9.17, 15) is 19.2 Å². The number of imide groups is 2. The fourth-order valence-corrected chi connectivity index (χ4v) is 10.0. The Bertz CT molecular complexity index is 3170. The van der Waals surface area contributed by atoms with Gasteiger partial charge in [0, 0.05) is 135 Å². The first-order valence-electron chi connectivity index (χ1n) is 28.6. The normalized spacial score (nSPS) is 13.9. The average Bonchev–Trinajstić information content (AvgIpc) is 0.728. The molecule has 4 amide bonds. The van der Waals surface area contributed by atoms with Crippen molar-refractivity contribution in [1.82, 2.24) is 59.5 Å². The van der Waals surface area contributed by atoms with Gasteiger partial charge in [-0.2, -0.15) is 0 Å². The summed E-state index contributed by atoms with van der Waals surface area (Å²) >= 11 is 0. The Balaban J connectivity index is 0.000000203. The summed E-state index contributed by atoms with van der Waals surface area (Å²) in [5.41, 5.74) is 8.79. The minimum atomic E-state index is -0.374. The SMILES string of the molecule is O=C1c2ccc3c4c(ccc(c24)C(=O)N1CCCN1CCOCC1)C(=O)N(CCCN1CCOCC1)C3=O.[Cl-].[Cl-].[Os+4].[Os+4].c1ccc(-c2ccccn2)nc1.c1ccc(-c2ccccn2)nc1.c1ccc(-c2ccccn2)nc1.c1ccc(-c2ccccn2)nc1. The van der Waals surface area contributed by atoms with Crippen LogP contribution >= 0.6 is 0 Å². The molecule has 0 unspecified atom stereocenters. The van der Waals surface area contributed by atoms with Crippen molar-refractivity contribution >= 4 is 34.4 Å². The molecule has 0 N–H and O–H groups in total. The third-order valence-corrected chi connectivity index (χ3v) is 14.4. The molecule has 22 heteroatoms. The summed E-state index contributed by atoms with van der Waals surface area (Å²) in [5, 5.41) is 0.850. The summed E-state index contributed by atoms with van der Waals surface area (Å²) < 4.78 is 10.8. The number of aromatic nitrogens is 8. The largest absolute Gasteiger partial charge is 4.00 e. The van der Waals surface area contributed by atoms with E-state index in [2.05, 4.69) is 49.7 Å². The van der Waals surface area contributed by atoms with Crippen LogP contribution in [0.1, 0.15) is 54.3 Å². The van der Waals surface area contributed by atoms with Gasteiger partial charge in [0.15, 0.2) is 0 Å². The van der Waals surface area contributed by atoms with Crippen LogP contribution in [0.25, 0.3) is 56.3 Å². The maximum Gasteiger partial charge on any atom is 4.00 e. The van der Waals surface area contributed by atoms with Crippen molar-refractivity contribution in [2.75, 3.05) is 78.8 Å². The van der Waals surface area contributed by atoms with Gasteiger partial charge in [0.05, 0.1) is 72.0 Å². The Labute approximate surface area is 561 Å². The van der Waals surface area contributed by atoms with Gasteiger partial charge in [0.1, 0.15) is 0 Å². The fraction of sp³-hybridized carbons (Fsp3) is 0.206. The van der Waals surface area contributed by atoms with Gasteiger partial charge < -0.3 is 34.3 Å². The van der Waals surface area contributed by atoms with E-state index in [0.717, 1.165) is 84.8 Å². The number of pyridine rings is 8. The minimum absolute atomic E-state index is 0. The summed E-state index contributed by atoms with van der Waals surface area (Å²) in [6.07, 6.45) is 15.5. The van der Waals surface area contributed by atoms with E-state index < -0.39 is 0 Å². The molecule has 8 aromatic heterocycles. The van der Waals surface area contributed by atoms with Crippen LogP contribution in [-0.2, 0) is 49.1 Å². The van der Waals surface area contributed by atoms with E-state index in [-0.39, 0.29) is 88.0 Å². The Morgan fingerprint density at radius 3 is 0.667 bits per heavy atom. The van der Waals surface area contributed by atoms with Crippen molar-refractivity contribution in [1.29, 1.82) is 0 Å². The van der Waals surface area contributed by atoms with Crippen LogP contribution in [0, 0.1) is 0 Å². The van der Waals surface area contributed by atoms with Gasteiger partial charge in [-0.05, 0) is 134 Å². The van der Waals surface area contributed by atoms with Crippen molar-refractivity contribution in [2.24, 2.45) is 0 Å². The molecule has 10 aromatic rings. The first-order valence-corrected chi connectivity index (χ1v) is 28.6. The number of halogens is 2. The number of carbonyl (C=O) groups is 4. The van der Waals surface area contributed by atoms with Crippen molar-refractivity contribution in [3.05, 3.63) is 242 Å². The molecule has 0 bridgehead atoms. The van der Waals surface area contributed by atoms with E-state index in [0.29, 0.717) is 85.4 Å². The van der Waals surface area contributed by atoms with Crippen LogP contribution in [0.15, 0.2) is 219 Å². The topological polar surface area (TPSA) is 203 Å². The smallest absolute Gasteiger partial charge is 1.00 e. The number of hydrogen-bond acceptors (Lipinski definition) is 16. The van der Waals surface area contributed by atoms with Gasteiger partial charge in [-0.1, -0.05) is 48.5 Å². The van der Waals surface area contributed by atoms with Crippen molar-refractivity contribution in [3.8, 4) is 45.6 Å². The summed E-state index contributed by atoms with van der Waals surface area (Å²) in [5.74, 6) is -1.50. The van der Waals surface area contributed by atoms with E-state index in [4.69, 9.17) is 9.47 Å². The molecule has 0 radical (unpaired) electrons. The van der Waals surface area contributed by atoms with E-state index in [1.807, 2.05) is 146 Å². The van der Waals surface area contributed by atoms with E-state index >= 15 is 0 Å². The molecular weight excluding hydrogens is 1530 g/mol. The molecule has 90 heavy (non-hydrogen) atoms. The number of amides is 4. The maximum absolute atomic E-state index is 13.4.